The van der Waals surface area contributed by atoms with E-state index in [4.69, 9.17) is 0 Å². The molecule has 1 amide bonds. The van der Waals surface area contributed by atoms with Gasteiger partial charge in [-0.1, -0.05) is 18.2 Å². The van der Waals surface area contributed by atoms with Crippen LogP contribution in [0, 0.1) is 6.92 Å². The number of hydrogen-bond acceptors (Lipinski definition) is 6. The number of aryl methyl sites for hydroxylation is 1. The van der Waals surface area contributed by atoms with Crippen LogP contribution in [0.4, 0.5) is 5.69 Å². The molecular formula is C20H28N4OS2. The summed E-state index contributed by atoms with van der Waals surface area (Å²) in [6.45, 7) is 8.14. The highest BCUT2D eigenvalue weighted by Crippen LogP contribution is 2.16. The number of nitrogens with zero attached hydrogens (tertiary/aromatic N) is 3. The van der Waals surface area contributed by atoms with Gasteiger partial charge in [-0.2, -0.15) is 0 Å². The van der Waals surface area contributed by atoms with E-state index in [9.17, 15) is 4.79 Å². The fourth-order valence-corrected chi connectivity index (χ4v) is 4.64. The molecule has 2 aromatic rings. The maximum atomic E-state index is 11.9. The first kappa shape index (κ1) is 20.2. The number of para-hydroxylation sites is 1. The molecule has 0 radical (unpaired) electrons. The number of anilines is 1. The smallest absolute Gasteiger partial charge is 0.230 e. The van der Waals surface area contributed by atoms with Gasteiger partial charge in [-0.05, 0) is 32.0 Å². The second-order valence-electron chi connectivity index (χ2n) is 6.72. The summed E-state index contributed by atoms with van der Waals surface area (Å²) in [4.78, 5) is 21.3. The van der Waals surface area contributed by atoms with Crippen molar-refractivity contribution in [1.82, 2.24) is 15.2 Å². The number of piperazine rings is 1. The van der Waals surface area contributed by atoms with Crippen LogP contribution in [0.5, 0.6) is 0 Å². The molecule has 27 heavy (non-hydrogen) atoms. The number of hydrogen-bond donors (Lipinski definition) is 1. The minimum absolute atomic E-state index is 0.126. The Kier molecular flexibility index (Phi) is 7.98. The van der Waals surface area contributed by atoms with Crippen LogP contribution in [0.25, 0.3) is 0 Å². The van der Waals surface area contributed by atoms with Gasteiger partial charge in [0.05, 0.1) is 16.5 Å². The lowest BCUT2D eigenvalue weighted by Gasteiger charge is -2.36. The molecule has 1 N–H and O–H groups in total. The Balaban J connectivity index is 1.22. The number of carbonyl (C=O) groups is 1. The number of thioether (sulfide) groups is 1. The summed E-state index contributed by atoms with van der Waals surface area (Å²) >= 11 is 3.29. The molecule has 0 saturated carbocycles. The summed E-state index contributed by atoms with van der Waals surface area (Å²) in [7, 11) is 0. The first-order valence-electron chi connectivity index (χ1n) is 9.48. The molecule has 0 bridgehead atoms. The van der Waals surface area contributed by atoms with Crippen molar-refractivity contribution in [2.75, 3.05) is 49.9 Å². The molecule has 0 spiro atoms. The normalized spacial score (nSPS) is 15.1. The highest BCUT2D eigenvalue weighted by atomic mass is 32.2. The van der Waals surface area contributed by atoms with E-state index in [0.29, 0.717) is 5.75 Å². The van der Waals surface area contributed by atoms with Crippen LogP contribution in [0.1, 0.15) is 17.1 Å². The zero-order chi connectivity index (χ0) is 18.9. The standard InChI is InChI=1S/C20H28N4OS2/c1-17-22-18(15-27-17)14-26-16-20(25)21-8-5-9-23-10-12-24(13-11-23)19-6-3-2-4-7-19/h2-4,6-7,15H,5,8-14,16H2,1H3,(H,21,25). The first-order valence-corrected chi connectivity index (χ1v) is 11.5. The Labute approximate surface area is 170 Å². The molecule has 0 atom stereocenters. The van der Waals surface area contributed by atoms with Gasteiger partial charge in [0.1, 0.15) is 0 Å². The van der Waals surface area contributed by atoms with E-state index in [0.717, 1.165) is 62.1 Å². The van der Waals surface area contributed by atoms with Crippen LogP contribution in [0.3, 0.4) is 0 Å². The molecule has 1 saturated heterocycles. The third kappa shape index (κ3) is 6.83. The van der Waals surface area contributed by atoms with Gasteiger partial charge in [0, 0.05) is 49.5 Å². The topological polar surface area (TPSA) is 48.5 Å². The van der Waals surface area contributed by atoms with Crippen LogP contribution in [-0.4, -0.2) is 60.8 Å². The average Bonchev–Trinajstić information content (AvgIpc) is 3.11. The summed E-state index contributed by atoms with van der Waals surface area (Å²) in [6.07, 6.45) is 1.01. The predicted octanol–water partition coefficient (Wildman–Crippen LogP) is 3.01. The highest BCUT2D eigenvalue weighted by molar-refractivity contribution is 7.99. The summed E-state index contributed by atoms with van der Waals surface area (Å²) in [5.74, 6) is 1.44. The number of amides is 1. The second kappa shape index (κ2) is 10.7. The zero-order valence-corrected chi connectivity index (χ0v) is 17.5. The SMILES string of the molecule is Cc1nc(CSCC(=O)NCCCN2CCN(c3ccccc3)CC2)cs1. The monoisotopic (exact) mass is 404 g/mol. The quantitative estimate of drug-likeness (QED) is 0.651. The van der Waals surface area contributed by atoms with Crippen LogP contribution >= 0.6 is 23.1 Å². The van der Waals surface area contributed by atoms with E-state index in [1.807, 2.05) is 6.92 Å². The third-order valence-electron chi connectivity index (χ3n) is 4.62. The van der Waals surface area contributed by atoms with E-state index in [1.165, 1.54) is 5.69 Å². The molecule has 2 heterocycles. The minimum Gasteiger partial charge on any atom is -0.369 e. The number of rotatable bonds is 9. The van der Waals surface area contributed by atoms with Crippen molar-refractivity contribution in [1.29, 1.82) is 0 Å². The zero-order valence-electron chi connectivity index (χ0n) is 15.9. The van der Waals surface area contributed by atoms with Crippen molar-refractivity contribution >= 4 is 34.7 Å². The molecule has 1 aliphatic heterocycles. The Morgan fingerprint density at radius 2 is 2.00 bits per heavy atom. The van der Waals surface area contributed by atoms with Crippen molar-refractivity contribution in [2.24, 2.45) is 0 Å². The second-order valence-corrected chi connectivity index (χ2v) is 8.77. The van der Waals surface area contributed by atoms with Gasteiger partial charge in [-0.3, -0.25) is 9.69 Å². The lowest BCUT2D eigenvalue weighted by molar-refractivity contribution is -0.118. The van der Waals surface area contributed by atoms with Gasteiger partial charge in [-0.25, -0.2) is 4.98 Å². The molecular weight excluding hydrogens is 376 g/mol. The van der Waals surface area contributed by atoms with Crippen LogP contribution in [0.15, 0.2) is 35.7 Å². The van der Waals surface area contributed by atoms with E-state index >= 15 is 0 Å². The molecule has 5 nitrogen and oxygen atoms in total. The molecule has 3 rings (SSSR count). The lowest BCUT2D eigenvalue weighted by Crippen LogP contribution is -2.47. The number of thiazole rings is 1. The molecule has 7 heteroatoms. The Hall–Kier alpha value is -1.57. The maximum Gasteiger partial charge on any atom is 0.230 e. The number of carbonyl (C=O) groups excluding carboxylic acids is 1. The van der Waals surface area contributed by atoms with E-state index in [1.54, 1.807) is 23.1 Å². The third-order valence-corrected chi connectivity index (χ3v) is 6.41. The van der Waals surface area contributed by atoms with Gasteiger partial charge in [0.25, 0.3) is 0 Å². The van der Waals surface area contributed by atoms with Gasteiger partial charge >= 0.3 is 0 Å². The maximum absolute atomic E-state index is 11.9. The highest BCUT2D eigenvalue weighted by Gasteiger charge is 2.16. The van der Waals surface area contributed by atoms with Crippen LogP contribution < -0.4 is 10.2 Å². The van der Waals surface area contributed by atoms with Crippen molar-refractivity contribution < 1.29 is 4.79 Å². The lowest BCUT2D eigenvalue weighted by atomic mass is 10.2. The van der Waals surface area contributed by atoms with Crippen molar-refractivity contribution in [3.8, 4) is 0 Å². The Morgan fingerprint density at radius 3 is 2.70 bits per heavy atom. The van der Waals surface area contributed by atoms with Gasteiger partial charge in [0.2, 0.25) is 5.91 Å². The van der Waals surface area contributed by atoms with E-state index < -0.39 is 0 Å². The first-order chi connectivity index (χ1) is 13.2. The van der Waals surface area contributed by atoms with Crippen molar-refractivity contribution in [3.63, 3.8) is 0 Å². The molecule has 0 aliphatic carbocycles. The summed E-state index contributed by atoms with van der Waals surface area (Å²) in [5, 5.41) is 6.18. The van der Waals surface area contributed by atoms with Crippen LogP contribution in [0.2, 0.25) is 0 Å². The molecule has 1 fully saturated rings. The van der Waals surface area contributed by atoms with Gasteiger partial charge in [0.15, 0.2) is 0 Å². The summed E-state index contributed by atoms with van der Waals surface area (Å²) < 4.78 is 0. The fraction of sp³-hybridized carbons (Fsp3) is 0.500. The van der Waals surface area contributed by atoms with E-state index in [-0.39, 0.29) is 5.91 Å². The van der Waals surface area contributed by atoms with Crippen LogP contribution in [-0.2, 0) is 10.5 Å². The summed E-state index contributed by atoms with van der Waals surface area (Å²) in [6, 6.07) is 10.6. The number of nitrogens with one attached hydrogen (secondary N) is 1. The van der Waals surface area contributed by atoms with Crippen molar-refractivity contribution in [2.45, 2.75) is 19.1 Å². The molecule has 0 unspecified atom stereocenters. The predicted molar refractivity (Wildman–Crippen MR) is 116 cm³/mol. The van der Waals surface area contributed by atoms with Crippen molar-refractivity contribution in [3.05, 3.63) is 46.4 Å². The van der Waals surface area contributed by atoms with E-state index in [2.05, 4.69) is 55.8 Å². The summed E-state index contributed by atoms with van der Waals surface area (Å²) in [5.41, 5.74) is 2.39. The van der Waals surface area contributed by atoms with Gasteiger partial charge < -0.3 is 10.2 Å². The minimum atomic E-state index is 0.126. The fourth-order valence-electron chi connectivity index (χ4n) is 3.17. The molecule has 146 valence electrons. The number of aromatic nitrogens is 1. The Bertz CT molecular complexity index is 699. The molecule has 1 aromatic heterocycles. The van der Waals surface area contributed by atoms with Gasteiger partial charge in [-0.15, -0.1) is 23.1 Å². The number of benzene rings is 1. The largest absolute Gasteiger partial charge is 0.369 e. The average molecular weight is 405 g/mol. The Morgan fingerprint density at radius 1 is 1.22 bits per heavy atom. The molecule has 1 aliphatic rings. The molecule has 1 aromatic carbocycles.